The molecule has 2 rings (SSSR count). The van der Waals surface area contributed by atoms with Crippen LogP contribution in [0.15, 0.2) is 22.7 Å². The summed E-state index contributed by atoms with van der Waals surface area (Å²) < 4.78 is 10.9. The third-order valence-corrected chi connectivity index (χ3v) is 3.57. The van der Waals surface area contributed by atoms with E-state index in [1.165, 1.54) is 0 Å². The lowest BCUT2D eigenvalue weighted by atomic mass is 9.86. The minimum absolute atomic E-state index is 0.212. The number of benzene rings is 1. The summed E-state index contributed by atoms with van der Waals surface area (Å²) >= 11 is 3.35. The number of ether oxygens (including phenoxy) is 2. The van der Waals surface area contributed by atoms with Crippen molar-refractivity contribution in [3.63, 3.8) is 0 Å². The zero-order chi connectivity index (χ0) is 13.2. The second kappa shape index (κ2) is 5.26. The second-order valence-electron chi connectivity index (χ2n) is 4.23. The Morgan fingerprint density at radius 3 is 2.78 bits per heavy atom. The lowest BCUT2D eigenvalue weighted by molar-refractivity contribution is -0.164. The molecule has 1 aromatic carbocycles. The highest BCUT2D eigenvalue weighted by Crippen LogP contribution is 2.31. The van der Waals surface area contributed by atoms with Crippen molar-refractivity contribution in [1.29, 1.82) is 0 Å². The molecule has 0 unspecified atom stereocenters. The number of amides is 1. The average molecular weight is 316 g/mol. The number of carbonyl (C=O) groups is 1. The summed E-state index contributed by atoms with van der Waals surface area (Å²) in [5, 5.41) is 12.0. The van der Waals surface area contributed by atoms with Crippen LogP contribution >= 0.6 is 15.9 Å². The largest absolute Gasteiger partial charge is 0.496 e. The molecular weight excluding hydrogens is 302 g/mol. The molecule has 1 amide bonds. The molecule has 0 aliphatic carbocycles. The summed E-state index contributed by atoms with van der Waals surface area (Å²) in [5.41, 5.74) is -0.153. The maximum atomic E-state index is 12.0. The average Bonchev–Trinajstić information content (AvgIpc) is 2.28. The Kier molecular flexibility index (Phi) is 3.89. The van der Waals surface area contributed by atoms with E-state index in [1.807, 2.05) is 0 Å². The van der Waals surface area contributed by atoms with Gasteiger partial charge in [0.25, 0.3) is 0 Å². The first-order valence-electron chi connectivity index (χ1n) is 5.45. The molecule has 0 bridgehead atoms. The van der Waals surface area contributed by atoms with Gasteiger partial charge in [0, 0.05) is 5.69 Å². The van der Waals surface area contributed by atoms with Crippen molar-refractivity contribution in [3.8, 4) is 5.75 Å². The quantitative estimate of drug-likeness (QED) is 0.881. The van der Waals surface area contributed by atoms with E-state index in [9.17, 15) is 9.90 Å². The summed E-state index contributed by atoms with van der Waals surface area (Å²) in [6, 6.07) is 5.25. The summed E-state index contributed by atoms with van der Waals surface area (Å²) in [6.07, 6.45) is 0. The van der Waals surface area contributed by atoms with Crippen molar-refractivity contribution in [3.05, 3.63) is 22.7 Å². The van der Waals surface area contributed by atoms with E-state index in [0.717, 1.165) is 4.47 Å². The van der Waals surface area contributed by atoms with Gasteiger partial charge in [0.05, 0.1) is 31.4 Å². The number of nitrogens with one attached hydrogen (secondary N) is 1. The lowest BCUT2D eigenvalue weighted by Gasteiger charge is -2.38. The fourth-order valence-electron chi connectivity index (χ4n) is 1.65. The number of halogens is 1. The van der Waals surface area contributed by atoms with Gasteiger partial charge in [-0.25, -0.2) is 0 Å². The van der Waals surface area contributed by atoms with Gasteiger partial charge >= 0.3 is 0 Å². The van der Waals surface area contributed by atoms with Gasteiger partial charge in [-0.15, -0.1) is 0 Å². The van der Waals surface area contributed by atoms with E-state index in [0.29, 0.717) is 11.4 Å². The molecule has 6 heteroatoms. The maximum absolute atomic E-state index is 12.0. The van der Waals surface area contributed by atoms with Crippen LogP contribution in [0.5, 0.6) is 5.75 Å². The number of rotatable bonds is 4. The van der Waals surface area contributed by atoms with Gasteiger partial charge in [0.15, 0.2) is 0 Å². The lowest BCUT2D eigenvalue weighted by Crippen LogP contribution is -2.54. The minimum Gasteiger partial charge on any atom is -0.496 e. The summed E-state index contributed by atoms with van der Waals surface area (Å²) in [4.78, 5) is 12.0. The molecule has 0 saturated carbocycles. The normalized spacial score (nSPS) is 16.8. The van der Waals surface area contributed by atoms with Gasteiger partial charge in [-0.3, -0.25) is 4.79 Å². The van der Waals surface area contributed by atoms with Gasteiger partial charge in [-0.1, -0.05) is 0 Å². The fraction of sp³-hybridized carbons (Fsp3) is 0.417. The Labute approximate surface area is 113 Å². The molecule has 1 aliphatic rings. The Bertz CT molecular complexity index is 454. The number of anilines is 1. The van der Waals surface area contributed by atoms with E-state index in [1.54, 1.807) is 25.3 Å². The number of aliphatic hydroxyl groups excluding tert-OH is 1. The molecular formula is C12H14BrNO4. The molecule has 0 radical (unpaired) electrons. The third kappa shape index (κ3) is 2.36. The van der Waals surface area contributed by atoms with E-state index in [4.69, 9.17) is 9.47 Å². The molecule has 1 saturated heterocycles. The molecule has 0 spiro atoms. The van der Waals surface area contributed by atoms with Crippen molar-refractivity contribution in [1.82, 2.24) is 0 Å². The minimum atomic E-state index is -0.799. The van der Waals surface area contributed by atoms with Gasteiger partial charge in [-0.2, -0.15) is 0 Å². The van der Waals surface area contributed by atoms with E-state index in [2.05, 4.69) is 21.2 Å². The van der Waals surface area contributed by atoms with Crippen LogP contribution in [-0.4, -0.2) is 37.9 Å². The zero-order valence-electron chi connectivity index (χ0n) is 9.90. The molecule has 18 heavy (non-hydrogen) atoms. The van der Waals surface area contributed by atoms with Crippen molar-refractivity contribution in [2.45, 2.75) is 0 Å². The number of methoxy groups -OCH3 is 1. The van der Waals surface area contributed by atoms with Crippen LogP contribution < -0.4 is 10.1 Å². The van der Waals surface area contributed by atoms with Crippen molar-refractivity contribution < 1.29 is 19.4 Å². The van der Waals surface area contributed by atoms with Crippen molar-refractivity contribution in [2.24, 2.45) is 5.41 Å². The van der Waals surface area contributed by atoms with Crippen LogP contribution in [0.4, 0.5) is 5.69 Å². The molecule has 1 fully saturated rings. The van der Waals surface area contributed by atoms with E-state index in [-0.39, 0.29) is 25.7 Å². The predicted octanol–water partition coefficient (Wildman–Crippen LogP) is 1.41. The molecule has 98 valence electrons. The van der Waals surface area contributed by atoms with Gasteiger partial charge in [-0.05, 0) is 34.1 Å². The highest BCUT2D eigenvalue weighted by molar-refractivity contribution is 9.10. The predicted molar refractivity (Wildman–Crippen MR) is 69.7 cm³/mol. The Balaban J connectivity index is 2.10. The highest BCUT2D eigenvalue weighted by atomic mass is 79.9. The van der Waals surface area contributed by atoms with Crippen LogP contribution in [0.2, 0.25) is 0 Å². The second-order valence-corrected chi connectivity index (χ2v) is 5.09. The topological polar surface area (TPSA) is 67.8 Å². The molecule has 1 aliphatic heterocycles. The molecule has 0 aromatic heterocycles. The monoisotopic (exact) mass is 315 g/mol. The summed E-state index contributed by atoms with van der Waals surface area (Å²) in [6.45, 7) is 0.301. The first-order valence-corrected chi connectivity index (χ1v) is 6.24. The molecule has 1 aromatic rings. The molecule has 1 heterocycles. The molecule has 2 N–H and O–H groups in total. The Morgan fingerprint density at radius 1 is 1.61 bits per heavy atom. The van der Waals surface area contributed by atoms with Crippen LogP contribution in [0.1, 0.15) is 0 Å². The summed E-state index contributed by atoms with van der Waals surface area (Å²) in [7, 11) is 1.57. The van der Waals surface area contributed by atoms with E-state index < -0.39 is 5.41 Å². The van der Waals surface area contributed by atoms with Crippen molar-refractivity contribution >= 4 is 27.5 Å². The van der Waals surface area contributed by atoms with Crippen LogP contribution in [0, 0.1) is 5.41 Å². The smallest absolute Gasteiger partial charge is 0.237 e. The van der Waals surface area contributed by atoms with Crippen LogP contribution in [0.25, 0.3) is 0 Å². The van der Waals surface area contributed by atoms with Gasteiger partial charge < -0.3 is 19.9 Å². The summed E-state index contributed by atoms with van der Waals surface area (Å²) in [5.74, 6) is 0.463. The van der Waals surface area contributed by atoms with E-state index >= 15 is 0 Å². The number of aliphatic hydroxyl groups is 1. The standard InChI is InChI=1S/C12H14BrNO4/c1-17-10-3-2-8(4-9(10)13)14-11(16)12(5-15)6-18-7-12/h2-4,15H,5-7H2,1H3,(H,14,16). The number of carbonyl (C=O) groups excluding carboxylic acids is 1. The van der Waals surface area contributed by atoms with Crippen molar-refractivity contribution in [2.75, 3.05) is 32.2 Å². The van der Waals surface area contributed by atoms with Gasteiger partial charge in [0.1, 0.15) is 11.2 Å². The van der Waals surface area contributed by atoms with Gasteiger partial charge in [0.2, 0.25) is 5.91 Å². The zero-order valence-corrected chi connectivity index (χ0v) is 11.5. The van der Waals surface area contributed by atoms with Crippen LogP contribution in [0.3, 0.4) is 0 Å². The number of hydrogen-bond acceptors (Lipinski definition) is 4. The molecule has 5 nitrogen and oxygen atoms in total. The SMILES string of the molecule is COc1ccc(NC(=O)C2(CO)COC2)cc1Br. The molecule has 0 atom stereocenters. The first-order chi connectivity index (χ1) is 8.61. The fourth-order valence-corrected chi connectivity index (χ4v) is 2.19. The first kappa shape index (κ1) is 13.3. The van der Waals surface area contributed by atoms with Crippen LogP contribution in [-0.2, 0) is 9.53 Å². The number of hydrogen-bond donors (Lipinski definition) is 2. The maximum Gasteiger partial charge on any atom is 0.237 e. The Hall–Kier alpha value is -1.11. The Morgan fingerprint density at radius 2 is 2.33 bits per heavy atom. The third-order valence-electron chi connectivity index (χ3n) is 2.95. The highest BCUT2D eigenvalue weighted by Gasteiger charge is 2.45.